The Morgan fingerprint density at radius 1 is 0.534 bits per heavy atom. The van der Waals surface area contributed by atoms with Gasteiger partial charge in [0.05, 0.1) is 69.7 Å². The number of aromatic amines is 1. The largest absolute Gasteiger partial charge is 0.416 e. The van der Waals surface area contributed by atoms with E-state index in [1.54, 1.807) is 111 Å². The van der Waals surface area contributed by atoms with Crippen molar-refractivity contribution in [3.63, 3.8) is 0 Å². The maximum absolute atomic E-state index is 14.3. The number of H-pyrrole nitrogens is 1. The van der Waals surface area contributed by atoms with Crippen molar-refractivity contribution in [3.05, 3.63) is 196 Å². The van der Waals surface area contributed by atoms with Crippen LogP contribution in [0.25, 0.3) is 50.7 Å². The number of aliphatic hydroxyl groups is 1. The quantitative estimate of drug-likeness (QED) is 0.114. The van der Waals surface area contributed by atoms with Crippen LogP contribution in [0.1, 0.15) is 203 Å². The fraction of sp³-hybridized carbons (Fsp3) is 0.424. The van der Waals surface area contributed by atoms with Gasteiger partial charge in [-0.25, -0.2) is 47.8 Å². The van der Waals surface area contributed by atoms with E-state index >= 15 is 0 Å². The zero-order valence-corrected chi connectivity index (χ0v) is 68.5. The first-order valence-electron chi connectivity index (χ1n) is 38.9. The highest BCUT2D eigenvalue weighted by Gasteiger charge is 2.49. The van der Waals surface area contributed by atoms with Gasteiger partial charge in [0.15, 0.2) is 16.9 Å². The van der Waals surface area contributed by atoms with Crippen LogP contribution in [0.2, 0.25) is 0 Å². The molecule has 3 aliphatic heterocycles. The van der Waals surface area contributed by atoms with Crippen LogP contribution in [-0.4, -0.2) is 203 Å². The van der Waals surface area contributed by atoms with Gasteiger partial charge in [-0.1, -0.05) is 84.9 Å². The third-order valence-corrected chi connectivity index (χ3v) is 22.1. The number of hydrogen-bond acceptors (Lipinski definition) is 16. The lowest BCUT2D eigenvalue weighted by atomic mass is 9.71. The average molecular weight is 1630 g/mol. The van der Waals surface area contributed by atoms with Gasteiger partial charge in [-0.3, -0.25) is 33.7 Å². The number of imidazole rings is 4. The van der Waals surface area contributed by atoms with Gasteiger partial charge in [0, 0.05) is 104 Å². The van der Waals surface area contributed by atoms with Gasteiger partial charge < -0.3 is 34.6 Å². The molecule has 15 rings (SSSR count). The molecule has 620 valence electrons. The molecule has 11 heterocycles. The van der Waals surface area contributed by atoms with Crippen molar-refractivity contribution in [2.24, 2.45) is 5.92 Å². The Labute approximate surface area is 676 Å². The number of alkyl halides is 6. The number of nitrogens with zero attached hydrogens (tertiary/aromatic N) is 18. The van der Waals surface area contributed by atoms with E-state index in [1.165, 1.54) is 51.8 Å². The Morgan fingerprint density at radius 3 is 1.40 bits per heavy atom. The maximum atomic E-state index is 14.3. The van der Waals surface area contributed by atoms with Crippen LogP contribution in [0.5, 0.6) is 0 Å². The molecule has 2 N–H and O–H groups in total. The number of carbonyl (C=O) groups is 6. The topological polar surface area (TPSA) is 287 Å². The van der Waals surface area contributed by atoms with E-state index in [-0.39, 0.29) is 93.9 Å². The smallest absolute Gasteiger partial charge is 0.390 e. The van der Waals surface area contributed by atoms with Gasteiger partial charge in [-0.05, 0) is 153 Å². The summed E-state index contributed by atoms with van der Waals surface area (Å²) in [6, 6.07) is 21.8. The average Bonchev–Trinajstić information content (AvgIpc) is 1.54. The molecule has 6 amide bonds. The standard InChI is InChI=1S/C29H34F3N5O3.C28H28F3N7O2.C28H32FN7O2/c1-17(2)21-12-22(18-6-8-20(9-7-18)29(30,31)32)34-37-15-23(33-24(21)37)26(39)36-11-10-35(16-27(36,3)4)25(38)19-13-28(5,40)14-19;1-17(2)20-14-21(18-6-8-19(9-7-18)28(29,30)31)35-38-15-22(34-24(20)38)25(39)37-13-12-36(16-27(37,3)4)26(40)23-32-10-5-11-33-23;1-16-8-9-18(12-20(16)29)21-13-19(27(3,4)5)24-32-22(15-36(24)33-21)25(37)35-11-10-34(26(38)28(35,6)7)23-14-30-17(2)31-23/h6-9,12,15,17,19,40H,10-11,13-14,16H2,1-5H3;5-11,14-15,17H,12-13,16H2,1-4H3;8-9,12-15H,10-11H2,1-7H3,(H,30,31). The van der Waals surface area contributed by atoms with E-state index in [4.69, 9.17) is 0 Å². The lowest BCUT2D eigenvalue weighted by molar-refractivity contribution is -0.153. The second-order valence-electron chi connectivity index (χ2n) is 34.3. The number of aromatic nitrogens is 13. The minimum Gasteiger partial charge on any atom is -0.390 e. The summed E-state index contributed by atoms with van der Waals surface area (Å²) < 4.78 is 97.2. The van der Waals surface area contributed by atoms with E-state index in [0.29, 0.717) is 127 Å². The highest BCUT2D eigenvalue weighted by Crippen LogP contribution is 2.41. The molecular formula is C85H94F7N19O7. The van der Waals surface area contributed by atoms with Crippen molar-refractivity contribution in [2.75, 3.05) is 57.3 Å². The predicted octanol–water partition coefficient (Wildman–Crippen LogP) is 13.9. The minimum absolute atomic E-state index is 0.00949. The highest BCUT2D eigenvalue weighted by molar-refractivity contribution is 6.05. The molecule has 0 atom stereocenters. The molecule has 11 aromatic rings. The number of hydrogen-bond donors (Lipinski definition) is 2. The zero-order valence-electron chi connectivity index (χ0n) is 68.5. The second kappa shape index (κ2) is 31.2. The maximum Gasteiger partial charge on any atom is 0.416 e. The Bertz CT molecular complexity index is 5700. The molecule has 3 aromatic carbocycles. The summed E-state index contributed by atoms with van der Waals surface area (Å²) in [5.74, 6) is -0.458. The fourth-order valence-corrected chi connectivity index (χ4v) is 15.5. The van der Waals surface area contributed by atoms with E-state index in [0.717, 1.165) is 41.0 Å². The number of piperazine rings is 3. The first kappa shape index (κ1) is 84.0. The summed E-state index contributed by atoms with van der Waals surface area (Å²) in [6.07, 6.45) is 1.38. The van der Waals surface area contributed by atoms with Crippen LogP contribution in [0.15, 0.2) is 128 Å². The number of halogens is 7. The van der Waals surface area contributed by atoms with Crippen molar-refractivity contribution in [3.8, 4) is 33.8 Å². The third-order valence-electron chi connectivity index (χ3n) is 22.1. The number of carbonyl (C=O) groups excluding carboxylic acids is 6. The SMILES string of the molecule is CC(C)c1cc(-c2ccc(C(F)(F)F)cc2)nn2cc(C(=O)N3CCN(C(=O)C4CC(C)(O)C4)CC3(C)C)nc12.CC(C)c1cc(-c2ccc(C(F)(F)F)cc2)nn2cc(C(=O)N3CCN(C(=O)c4ncccn4)CC3(C)C)nc12.Cc1ncc(N2CCN(C(=O)c3cn4nc(-c5ccc(C)c(F)c5)cc(C(C)(C)C)c4n3)C(C)(C)C2=O)[nH]1. The number of fused-ring (bicyclic) bond motifs is 3. The van der Waals surface area contributed by atoms with Gasteiger partial charge in [-0.15, -0.1) is 0 Å². The van der Waals surface area contributed by atoms with Crippen LogP contribution in [-0.2, 0) is 27.4 Å². The number of amides is 6. The van der Waals surface area contributed by atoms with Crippen molar-refractivity contribution in [1.29, 1.82) is 0 Å². The summed E-state index contributed by atoms with van der Waals surface area (Å²) in [4.78, 5) is 120. The predicted molar refractivity (Wildman–Crippen MR) is 426 cm³/mol. The Hall–Kier alpha value is -11.9. The van der Waals surface area contributed by atoms with E-state index < -0.39 is 45.7 Å². The minimum atomic E-state index is -4.43. The number of aryl methyl sites for hydroxylation is 2. The molecule has 8 aromatic heterocycles. The molecule has 0 unspecified atom stereocenters. The van der Waals surface area contributed by atoms with E-state index in [1.807, 2.05) is 74.4 Å². The summed E-state index contributed by atoms with van der Waals surface area (Å²) >= 11 is 0. The molecule has 0 bridgehead atoms. The van der Waals surface area contributed by atoms with Gasteiger partial charge in [0.2, 0.25) is 11.7 Å². The van der Waals surface area contributed by atoms with Gasteiger partial charge in [0.25, 0.3) is 29.5 Å². The van der Waals surface area contributed by atoms with Crippen molar-refractivity contribution < 1.29 is 64.6 Å². The van der Waals surface area contributed by atoms with Crippen molar-refractivity contribution >= 4 is 58.2 Å². The molecule has 118 heavy (non-hydrogen) atoms. The number of nitrogens with one attached hydrogen (secondary N) is 1. The van der Waals surface area contributed by atoms with Crippen LogP contribution in [0.3, 0.4) is 0 Å². The Balaban J connectivity index is 0.000000154. The monoisotopic (exact) mass is 1630 g/mol. The molecular weight excluding hydrogens is 1530 g/mol. The van der Waals surface area contributed by atoms with Crippen LogP contribution >= 0.6 is 0 Å². The molecule has 33 heteroatoms. The Kier molecular flexibility index (Phi) is 22.2. The zero-order chi connectivity index (χ0) is 85.6. The lowest BCUT2D eigenvalue weighted by Gasteiger charge is -2.49. The number of anilines is 1. The van der Waals surface area contributed by atoms with Crippen molar-refractivity contribution in [1.82, 2.24) is 88.2 Å². The first-order valence-corrected chi connectivity index (χ1v) is 38.9. The van der Waals surface area contributed by atoms with Gasteiger partial charge in [0.1, 0.15) is 40.1 Å². The molecule has 26 nitrogen and oxygen atoms in total. The summed E-state index contributed by atoms with van der Waals surface area (Å²) in [5, 5.41) is 23.9. The highest BCUT2D eigenvalue weighted by atomic mass is 19.4. The number of benzene rings is 3. The summed E-state index contributed by atoms with van der Waals surface area (Å²) in [5.41, 5.74) is 3.38. The van der Waals surface area contributed by atoms with Crippen LogP contribution < -0.4 is 4.90 Å². The van der Waals surface area contributed by atoms with Crippen LogP contribution in [0.4, 0.5) is 36.6 Å². The normalized spacial score (nSPS) is 18.2. The lowest BCUT2D eigenvalue weighted by Crippen LogP contribution is -2.65. The molecule has 1 saturated carbocycles. The van der Waals surface area contributed by atoms with Gasteiger partial charge >= 0.3 is 12.4 Å². The molecule has 4 fully saturated rings. The van der Waals surface area contributed by atoms with E-state index in [2.05, 4.69) is 71.0 Å². The molecule has 4 aliphatic rings. The van der Waals surface area contributed by atoms with Crippen LogP contribution in [0, 0.1) is 25.6 Å². The third kappa shape index (κ3) is 17.0. The van der Waals surface area contributed by atoms with E-state index in [9.17, 15) is 64.6 Å². The van der Waals surface area contributed by atoms with Crippen molar-refractivity contribution in [2.45, 2.75) is 175 Å². The first-order chi connectivity index (χ1) is 55.2. The van der Waals surface area contributed by atoms with Gasteiger partial charge in [-0.2, -0.15) is 41.6 Å². The number of rotatable bonds is 11. The molecule has 0 spiro atoms. The Morgan fingerprint density at radius 2 is 0.966 bits per heavy atom. The molecule has 1 aliphatic carbocycles. The second-order valence-corrected chi connectivity index (χ2v) is 34.3. The molecule has 0 radical (unpaired) electrons. The summed E-state index contributed by atoms with van der Waals surface area (Å²) in [7, 11) is 0. The molecule has 3 saturated heterocycles. The summed E-state index contributed by atoms with van der Waals surface area (Å²) in [6.45, 7) is 33.0. The fourth-order valence-electron chi connectivity index (χ4n) is 15.5.